The third kappa shape index (κ3) is 2.66. The van der Waals surface area contributed by atoms with Crippen LogP contribution in [0.1, 0.15) is 10.5 Å². The van der Waals surface area contributed by atoms with Gasteiger partial charge in [0, 0.05) is 24.8 Å². The molecule has 2 aromatic rings. The van der Waals surface area contributed by atoms with Crippen molar-refractivity contribution in [2.24, 2.45) is 7.05 Å². The molecule has 0 unspecified atom stereocenters. The standard InChI is InChI=1S/C14H15BrN2O2/c1-16-9-10(15)8-12(16)14(18)17(2)11-6-4-5-7-13(11)19-3/h4-9H,1-3H3. The van der Waals surface area contributed by atoms with Gasteiger partial charge in [-0.2, -0.15) is 0 Å². The van der Waals surface area contributed by atoms with Crippen LogP contribution in [0.2, 0.25) is 0 Å². The van der Waals surface area contributed by atoms with E-state index >= 15 is 0 Å². The highest BCUT2D eigenvalue weighted by Crippen LogP contribution is 2.28. The first-order chi connectivity index (χ1) is 9.04. The van der Waals surface area contributed by atoms with Crippen LogP contribution in [-0.2, 0) is 7.05 Å². The van der Waals surface area contributed by atoms with E-state index in [4.69, 9.17) is 4.74 Å². The minimum atomic E-state index is -0.0855. The molecular weight excluding hydrogens is 308 g/mol. The van der Waals surface area contributed by atoms with Gasteiger partial charge in [0.25, 0.3) is 5.91 Å². The molecule has 1 aromatic carbocycles. The predicted octanol–water partition coefficient (Wildman–Crippen LogP) is 3.07. The van der Waals surface area contributed by atoms with Crippen LogP contribution in [-0.4, -0.2) is 24.6 Å². The number of hydrogen-bond acceptors (Lipinski definition) is 2. The van der Waals surface area contributed by atoms with Crippen LogP contribution in [0.3, 0.4) is 0 Å². The monoisotopic (exact) mass is 322 g/mol. The van der Waals surface area contributed by atoms with Gasteiger partial charge >= 0.3 is 0 Å². The van der Waals surface area contributed by atoms with Crippen LogP contribution in [0.4, 0.5) is 5.69 Å². The molecule has 1 amide bonds. The number of nitrogens with zero attached hydrogens (tertiary/aromatic N) is 2. The van der Waals surface area contributed by atoms with Crippen molar-refractivity contribution in [3.63, 3.8) is 0 Å². The van der Waals surface area contributed by atoms with Crippen LogP contribution in [0.15, 0.2) is 41.0 Å². The van der Waals surface area contributed by atoms with Gasteiger partial charge in [0.2, 0.25) is 0 Å². The van der Waals surface area contributed by atoms with Gasteiger partial charge in [0.15, 0.2) is 0 Å². The van der Waals surface area contributed by atoms with E-state index in [1.54, 1.807) is 29.7 Å². The van der Waals surface area contributed by atoms with Crippen molar-refractivity contribution in [3.8, 4) is 5.75 Å². The fraction of sp³-hybridized carbons (Fsp3) is 0.214. The van der Waals surface area contributed by atoms with E-state index in [9.17, 15) is 4.79 Å². The summed E-state index contributed by atoms with van der Waals surface area (Å²) in [5.41, 5.74) is 1.35. The first-order valence-electron chi connectivity index (χ1n) is 5.77. The summed E-state index contributed by atoms with van der Waals surface area (Å²) >= 11 is 3.37. The number of anilines is 1. The second kappa shape index (κ2) is 5.48. The smallest absolute Gasteiger partial charge is 0.274 e. The molecule has 0 aliphatic rings. The molecule has 4 nitrogen and oxygen atoms in total. The van der Waals surface area contributed by atoms with Crippen LogP contribution >= 0.6 is 15.9 Å². The molecule has 0 spiro atoms. The van der Waals surface area contributed by atoms with E-state index in [2.05, 4.69) is 15.9 Å². The van der Waals surface area contributed by atoms with Crippen LogP contribution in [0.5, 0.6) is 5.75 Å². The Bertz CT molecular complexity index is 607. The summed E-state index contributed by atoms with van der Waals surface area (Å²) in [6.07, 6.45) is 1.85. The number of benzene rings is 1. The Hall–Kier alpha value is -1.75. The summed E-state index contributed by atoms with van der Waals surface area (Å²) in [5.74, 6) is 0.587. The molecular formula is C14H15BrN2O2. The van der Waals surface area contributed by atoms with Crippen LogP contribution in [0, 0.1) is 0 Å². The predicted molar refractivity (Wildman–Crippen MR) is 78.8 cm³/mol. The summed E-state index contributed by atoms with van der Waals surface area (Å²) in [7, 11) is 5.17. The molecule has 0 N–H and O–H groups in total. The summed E-state index contributed by atoms with van der Waals surface area (Å²) in [5, 5.41) is 0. The van der Waals surface area contributed by atoms with Gasteiger partial charge in [0.1, 0.15) is 11.4 Å². The summed E-state index contributed by atoms with van der Waals surface area (Å²) in [4.78, 5) is 14.1. The van der Waals surface area contributed by atoms with Gasteiger partial charge < -0.3 is 14.2 Å². The quantitative estimate of drug-likeness (QED) is 0.870. The lowest BCUT2D eigenvalue weighted by Gasteiger charge is -2.20. The second-order valence-electron chi connectivity index (χ2n) is 4.19. The molecule has 1 aromatic heterocycles. The molecule has 100 valence electrons. The maximum absolute atomic E-state index is 12.5. The molecule has 2 rings (SSSR count). The van der Waals surface area contributed by atoms with Gasteiger partial charge in [0.05, 0.1) is 12.8 Å². The third-order valence-electron chi connectivity index (χ3n) is 2.94. The molecule has 19 heavy (non-hydrogen) atoms. The fourth-order valence-corrected chi connectivity index (χ4v) is 2.45. The highest BCUT2D eigenvalue weighted by atomic mass is 79.9. The highest BCUT2D eigenvalue weighted by molar-refractivity contribution is 9.10. The molecule has 0 saturated heterocycles. The zero-order valence-corrected chi connectivity index (χ0v) is 12.6. The number of para-hydroxylation sites is 2. The second-order valence-corrected chi connectivity index (χ2v) is 5.11. The van der Waals surface area contributed by atoms with E-state index < -0.39 is 0 Å². The number of ether oxygens (including phenoxy) is 1. The molecule has 0 aliphatic carbocycles. The Morgan fingerprint density at radius 2 is 2.05 bits per heavy atom. The van der Waals surface area contributed by atoms with Gasteiger partial charge in [-0.1, -0.05) is 12.1 Å². The minimum absolute atomic E-state index is 0.0855. The number of amides is 1. The van der Waals surface area contributed by atoms with Crippen molar-refractivity contribution in [3.05, 3.63) is 46.7 Å². The Morgan fingerprint density at radius 3 is 2.63 bits per heavy atom. The number of carbonyl (C=O) groups is 1. The summed E-state index contributed by atoms with van der Waals surface area (Å²) in [6.45, 7) is 0. The number of hydrogen-bond donors (Lipinski definition) is 0. The molecule has 0 saturated carbocycles. The maximum Gasteiger partial charge on any atom is 0.274 e. The maximum atomic E-state index is 12.5. The molecule has 0 fully saturated rings. The molecule has 5 heteroatoms. The van der Waals surface area contributed by atoms with Gasteiger partial charge in [-0.25, -0.2) is 0 Å². The van der Waals surface area contributed by atoms with E-state index in [-0.39, 0.29) is 5.91 Å². The van der Waals surface area contributed by atoms with Crippen molar-refractivity contribution in [1.82, 2.24) is 4.57 Å². The fourth-order valence-electron chi connectivity index (χ4n) is 1.92. The largest absolute Gasteiger partial charge is 0.495 e. The summed E-state index contributed by atoms with van der Waals surface area (Å²) in [6, 6.07) is 9.24. The van der Waals surface area contributed by atoms with Crippen molar-refractivity contribution < 1.29 is 9.53 Å². The van der Waals surface area contributed by atoms with Crippen molar-refractivity contribution in [1.29, 1.82) is 0 Å². The molecule has 0 radical (unpaired) electrons. The van der Waals surface area contributed by atoms with Crippen LogP contribution < -0.4 is 9.64 Å². The number of aromatic nitrogens is 1. The Kier molecular flexibility index (Phi) is 3.95. The van der Waals surface area contributed by atoms with E-state index in [0.717, 1.165) is 10.2 Å². The van der Waals surface area contributed by atoms with E-state index in [0.29, 0.717) is 11.4 Å². The number of halogens is 1. The lowest BCUT2D eigenvalue weighted by atomic mass is 10.2. The number of methoxy groups -OCH3 is 1. The Balaban J connectivity index is 2.36. The van der Waals surface area contributed by atoms with Crippen molar-refractivity contribution in [2.75, 3.05) is 19.1 Å². The van der Waals surface area contributed by atoms with E-state index in [1.165, 1.54) is 0 Å². The SMILES string of the molecule is COc1ccccc1N(C)C(=O)c1cc(Br)cn1C. The number of carbonyl (C=O) groups excluding carboxylic acids is 1. The lowest BCUT2D eigenvalue weighted by molar-refractivity contribution is 0.0984. The average Bonchev–Trinajstić information content (AvgIpc) is 2.76. The first kappa shape index (κ1) is 13.7. The Morgan fingerprint density at radius 1 is 1.37 bits per heavy atom. The highest BCUT2D eigenvalue weighted by Gasteiger charge is 2.19. The first-order valence-corrected chi connectivity index (χ1v) is 6.57. The zero-order chi connectivity index (χ0) is 14.0. The third-order valence-corrected chi connectivity index (χ3v) is 3.38. The van der Waals surface area contributed by atoms with E-state index in [1.807, 2.05) is 37.5 Å². The lowest BCUT2D eigenvalue weighted by Crippen LogP contribution is -2.28. The Labute approximate surface area is 120 Å². The molecule has 0 aliphatic heterocycles. The van der Waals surface area contributed by atoms with Crippen molar-refractivity contribution >= 4 is 27.5 Å². The molecule has 0 atom stereocenters. The van der Waals surface area contributed by atoms with Gasteiger partial charge in [-0.15, -0.1) is 0 Å². The van der Waals surface area contributed by atoms with Gasteiger partial charge in [-0.3, -0.25) is 4.79 Å². The number of aryl methyl sites for hydroxylation is 1. The van der Waals surface area contributed by atoms with Gasteiger partial charge in [-0.05, 0) is 34.1 Å². The minimum Gasteiger partial charge on any atom is -0.495 e. The summed E-state index contributed by atoms with van der Waals surface area (Å²) < 4.78 is 7.95. The van der Waals surface area contributed by atoms with Crippen molar-refractivity contribution in [2.45, 2.75) is 0 Å². The molecule has 0 bridgehead atoms. The van der Waals surface area contributed by atoms with Crippen LogP contribution in [0.25, 0.3) is 0 Å². The number of rotatable bonds is 3. The zero-order valence-electron chi connectivity index (χ0n) is 11.1. The normalized spacial score (nSPS) is 10.3. The molecule has 1 heterocycles. The average molecular weight is 323 g/mol. The topological polar surface area (TPSA) is 34.5 Å².